The Kier molecular flexibility index (Phi) is 5.08. The molecular weight excluding hydrogens is 254 g/mol. The van der Waals surface area contributed by atoms with Crippen molar-refractivity contribution in [3.8, 4) is 0 Å². The number of rotatable bonds is 5. The Labute approximate surface area is 110 Å². The van der Waals surface area contributed by atoms with E-state index in [1.54, 1.807) is 11.8 Å². The number of aromatic nitrogens is 1. The molecule has 2 amide bonds. The zero-order valence-corrected chi connectivity index (χ0v) is 11.5. The standard InChI is InChI=1S/C11H17N3O3S/c1-4-14(5-2)11(17)12-7(3)9-13-8(6-18-9)10(15)16/h6-7H,4-5H2,1-3H3,(H,12,17)(H,15,16). The average molecular weight is 271 g/mol. The van der Waals surface area contributed by atoms with Crippen molar-refractivity contribution < 1.29 is 14.7 Å². The second-order valence-corrected chi connectivity index (χ2v) is 4.61. The Balaban J connectivity index is 2.66. The predicted octanol–water partition coefficient (Wildman–Crippen LogP) is 1.95. The van der Waals surface area contributed by atoms with Crippen LogP contribution in [0.15, 0.2) is 5.38 Å². The average Bonchev–Trinajstić information content (AvgIpc) is 2.79. The molecule has 1 atom stereocenters. The third kappa shape index (κ3) is 3.43. The number of nitrogens with zero attached hydrogens (tertiary/aromatic N) is 2. The van der Waals surface area contributed by atoms with Crippen LogP contribution in [0.25, 0.3) is 0 Å². The second kappa shape index (κ2) is 6.34. The molecule has 7 heteroatoms. The largest absolute Gasteiger partial charge is 0.476 e. The number of carbonyl (C=O) groups excluding carboxylic acids is 1. The maximum absolute atomic E-state index is 11.8. The highest BCUT2D eigenvalue weighted by Gasteiger charge is 2.17. The van der Waals surface area contributed by atoms with E-state index in [2.05, 4.69) is 10.3 Å². The first-order valence-electron chi connectivity index (χ1n) is 5.73. The van der Waals surface area contributed by atoms with E-state index < -0.39 is 5.97 Å². The van der Waals surface area contributed by atoms with Crippen LogP contribution in [0, 0.1) is 0 Å². The van der Waals surface area contributed by atoms with Crippen LogP contribution in [0.3, 0.4) is 0 Å². The van der Waals surface area contributed by atoms with E-state index in [1.165, 1.54) is 16.7 Å². The van der Waals surface area contributed by atoms with Crippen LogP contribution < -0.4 is 5.32 Å². The van der Waals surface area contributed by atoms with Crippen LogP contribution in [-0.4, -0.2) is 40.1 Å². The van der Waals surface area contributed by atoms with Gasteiger partial charge >= 0.3 is 12.0 Å². The monoisotopic (exact) mass is 271 g/mol. The number of hydrogen-bond acceptors (Lipinski definition) is 4. The maximum atomic E-state index is 11.8. The molecule has 18 heavy (non-hydrogen) atoms. The minimum atomic E-state index is -1.06. The van der Waals surface area contributed by atoms with E-state index in [-0.39, 0.29) is 17.8 Å². The molecule has 1 aromatic heterocycles. The van der Waals surface area contributed by atoms with E-state index >= 15 is 0 Å². The molecule has 0 bridgehead atoms. The number of carbonyl (C=O) groups is 2. The molecule has 1 rings (SSSR count). The number of carboxylic acid groups (broad SMARTS) is 1. The number of amides is 2. The smallest absolute Gasteiger partial charge is 0.355 e. The first kappa shape index (κ1) is 14.4. The molecule has 0 aromatic carbocycles. The van der Waals surface area contributed by atoms with Crippen LogP contribution in [0.1, 0.15) is 42.3 Å². The van der Waals surface area contributed by atoms with E-state index in [1.807, 2.05) is 13.8 Å². The van der Waals surface area contributed by atoms with Gasteiger partial charge in [0.15, 0.2) is 5.69 Å². The predicted molar refractivity (Wildman–Crippen MR) is 68.9 cm³/mol. The van der Waals surface area contributed by atoms with Crippen molar-refractivity contribution in [2.45, 2.75) is 26.8 Å². The van der Waals surface area contributed by atoms with E-state index in [9.17, 15) is 9.59 Å². The summed E-state index contributed by atoms with van der Waals surface area (Å²) in [5.41, 5.74) is 0.0129. The van der Waals surface area contributed by atoms with Gasteiger partial charge in [-0.05, 0) is 20.8 Å². The fraction of sp³-hybridized carbons (Fsp3) is 0.545. The quantitative estimate of drug-likeness (QED) is 0.857. The molecule has 0 radical (unpaired) electrons. The third-order valence-corrected chi connectivity index (χ3v) is 3.53. The topological polar surface area (TPSA) is 82.5 Å². The Morgan fingerprint density at radius 1 is 1.50 bits per heavy atom. The summed E-state index contributed by atoms with van der Waals surface area (Å²) in [7, 11) is 0. The molecule has 1 unspecified atom stereocenters. The number of carboxylic acids is 1. The third-order valence-electron chi connectivity index (χ3n) is 2.50. The van der Waals surface area contributed by atoms with Gasteiger partial charge in [-0.1, -0.05) is 0 Å². The molecule has 6 nitrogen and oxygen atoms in total. The Hall–Kier alpha value is -1.63. The molecule has 0 aliphatic heterocycles. The zero-order valence-electron chi connectivity index (χ0n) is 10.6. The summed E-state index contributed by atoms with van der Waals surface area (Å²) in [6, 6.07) is -0.462. The first-order valence-corrected chi connectivity index (χ1v) is 6.61. The number of nitrogens with one attached hydrogen (secondary N) is 1. The fourth-order valence-electron chi connectivity index (χ4n) is 1.43. The molecule has 1 aromatic rings. The van der Waals surface area contributed by atoms with Gasteiger partial charge in [-0.25, -0.2) is 14.6 Å². The van der Waals surface area contributed by atoms with Crippen LogP contribution in [-0.2, 0) is 0 Å². The van der Waals surface area contributed by atoms with Gasteiger partial charge in [0.05, 0.1) is 6.04 Å². The summed E-state index contributed by atoms with van der Waals surface area (Å²) in [6.45, 7) is 6.85. The van der Waals surface area contributed by atoms with E-state index in [0.29, 0.717) is 18.1 Å². The molecule has 2 N–H and O–H groups in total. The van der Waals surface area contributed by atoms with Crippen LogP contribution in [0.5, 0.6) is 0 Å². The molecule has 0 saturated carbocycles. The molecule has 0 fully saturated rings. The van der Waals surface area contributed by atoms with Gasteiger partial charge in [-0.15, -0.1) is 11.3 Å². The Bertz CT molecular complexity index is 429. The minimum absolute atomic E-state index is 0.0129. The van der Waals surface area contributed by atoms with Crippen LogP contribution in [0.4, 0.5) is 4.79 Å². The van der Waals surface area contributed by atoms with Crippen molar-refractivity contribution in [3.05, 3.63) is 16.1 Å². The molecule has 0 saturated heterocycles. The molecular formula is C11H17N3O3S. The van der Waals surface area contributed by atoms with Crippen molar-refractivity contribution in [3.63, 3.8) is 0 Å². The zero-order chi connectivity index (χ0) is 13.7. The normalized spacial score (nSPS) is 11.9. The molecule has 100 valence electrons. The summed E-state index contributed by atoms with van der Waals surface area (Å²) < 4.78 is 0. The summed E-state index contributed by atoms with van der Waals surface area (Å²) in [5.74, 6) is -1.06. The first-order chi connectivity index (χ1) is 8.49. The van der Waals surface area contributed by atoms with Crippen molar-refractivity contribution in [2.75, 3.05) is 13.1 Å². The molecule has 0 aliphatic carbocycles. The minimum Gasteiger partial charge on any atom is -0.476 e. The highest BCUT2D eigenvalue weighted by molar-refractivity contribution is 7.09. The van der Waals surface area contributed by atoms with Gasteiger partial charge in [0, 0.05) is 18.5 Å². The van der Waals surface area contributed by atoms with Gasteiger partial charge in [0.2, 0.25) is 0 Å². The van der Waals surface area contributed by atoms with Gasteiger partial charge in [-0.2, -0.15) is 0 Å². The summed E-state index contributed by atoms with van der Waals surface area (Å²) in [5, 5.41) is 13.6. The van der Waals surface area contributed by atoms with Crippen LogP contribution >= 0.6 is 11.3 Å². The summed E-state index contributed by atoms with van der Waals surface area (Å²) in [4.78, 5) is 28.1. The van der Waals surface area contributed by atoms with Crippen molar-refractivity contribution >= 4 is 23.3 Å². The lowest BCUT2D eigenvalue weighted by molar-refractivity contribution is 0.0691. The highest BCUT2D eigenvalue weighted by atomic mass is 32.1. The molecule has 0 spiro atoms. The maximum Gasteiger partial charge on any atom is 0.355 e. The SMILES string of the molecule is CCN(CC)C(=O)NC(C)c1nc(C(=O)O)cs1. The second-order valence-electron chi connectivity index (χ2n) is 3.72. The number of urea groups is 1. The van der Waals surface area contributed by atoms with Gasteiger partial charge < -0.3 is 15.3 Å². The van der Waals surface area contributed by atoms with Gasteiger partial charge in [-0.3, -0.25) is 0 Å². The number of thiazole rings is 1. The number of hydrogen-bond donors (Lipinski definition) is 2. The Morgan fingerprint density at radius 2 is 2.11 bits per heavy atom. The lowest BCUT2D eigenvalue weighted by Crippen LogP contribution is -2.40. The Morgan fingerprint density at radius 3 is 2.56 bits per heavy atom. The van der Waals surface area contributed by atoms with Gasteiger partial charge in [0.25, 0.3) is 0 Å². The summed E-state index contributed by atoms with van der Waals surface area (Å²) >= 11 is 1.23. The lowest BCUT2D eigenvalue weighted by atomic mass is 10.3. The number of aromatic carboxylic acids is 1. The summed E-state index contributed by atoms with van der Waals surface area (Å²) in [6.07, 6.45) is 0. The van der Waals surface area contributed by atoms with Gasteiger partial charge in [0.1, 0.15) is 5.01 Å². The highest BCUT2D eigenvalue weighted by Crippen LogP contribution is 2.18. The van der Waals surface area contributed by atoms with E-state index in [4.69, 9.17) is 5.11 Å². The molecule has 0 aliphatic rings. The van der Waals surface area contributed by atoms with Crippen LogP contribution in [0.2, 0.25) is 0 Å². The van der Waals surface area contributed by atoms with Crippen molar-refractivity contribution in [2.24, 2.45) is 0 Å². The van der Waals surface area contributed by atoms with Crippen molar-refractivity contribution in [1.29, 1.82) is 0 Å². The fourth-order valence-corrected chi connectivity index (χ4v) is 2.23. The molecule has 1 heterocycles. The van der Waals surface area contributed by atoms with E-state index in [0.717, 1.165) is 0 Å². The van der Waals surface area contributed by atoms with Crippen molar-refractivity contribution in [1.82, 2.24) is 15.2 Å². The lowest BCUT2D eigenvalue weighted by Gasteiger charge is -2.21.